The minimum absolute atomic E-state index is 1.06. The molecule has 1 aromatic rings. The second-order valence-corrected chi connectivity index (χ2v) is 3.78. The molecular weight excluding hydrogens is 158 g/mol. The first-order valence-electron chi connectivity index (χ1n) is 5.21. The van der Waals surface area contributed by atoms with Crippen LogP contribution in [0.15, 0.2) is 18.2 Å². The van der Waals surface area contributed by atoms with Crippen molar-refractivity contribution in [3.63, 3.8) is 0 Å². The smallest absolute Gasteiger partial charge is 0.0208 e. The molecule has 1 nitrogen and oxygen atoms in total. The maximum absolute atomic E-state index is 3.41. The highest BCUT2D eigenvalue weighted by Crippen LogP contribution is 2.16. The van der Waals surface area contributed by atoms with Crippen molar-refractivity contribution in [3.05, 3.63) is 34.9 Å². The van der Waals surface area contributed by atoms with E-state index in [9.17, 15) is 0 Å². The number of hydrogen-bond acceptors (Lipinski definition) is 1. The molecule has 1 heteroatoms. The fourth-order valence-electron chi connectivity index (χ4n) is 1.98. The molecular formula is C12H17N. The summed E-state index contributed by atoms with van der Waals surface area (Å²) in [7, 11) is 0. The second kappa shape index (κ2) is 3.93. The van der Waals surface area contributed by atoms with E-state index in [0.717, 1.165) is 13.1 Å². The Morgan fingerprint density at radius 2 is 2.23 bits per heavy atom. The highest BCUT2D eigenvalue weighted by molar-refractivity contribution is 5.33. The molecule has 0 bridgehead atoms. The zero-order chi connectivity index (χ0) is 9.10. The van der Waals surface area contributed by atoms with Gasteiger partial charge in [-0.2, -0.15) is 0 Å². The van der Waals surface area contributed by atoms with Crippen LogP contribution in [0.25, 0.3) is 0 Å². The number of aryl methyl sites for hydroxylation is 1. The molecule has 0 atom stereocenters. The Morgan fingerprint density at radius 3 is 3.08 bits per heavy atom. The fourth-order valence-corrected chi connectivity index (χ4v) is 1.98. The Morgan fingerprint density at radius 1 is 1.31 bits per heavy atom. The molecule has 1 aliphatic rings. The molecule has 1 aromatic carbocycles. The summed E-state index contributed by atoms with van der Waals surface area (Å²) in [6, 6.07) is 6.96. The lowest BCUT2D eigenvalue weighted by atomic mass is 9.97. The van der Waals surface area contributed by atoms with Gasteiger partial charge in [0, 0.05) is 6.54 Å². The molecule has 70 valence electrons. The monoisotopic (exact) mass is 175 g/mol. The highest BCUT2D eigenvalue weighted by Gasteiger charge is 2.07. The standard InChI is InChI=1S/C12H17N/c1-2-3-10-4-5-11-6-7-13-9-12(11)8-10/h4-5,8,13H,2-3,6-7,9H2,1H3. The summed E-state index contributed by atoms with van der Waals surface area (Å²) in [6.07, 6.45) is 3.65. The largest absolute Gasteiger partial charge is 0.312 e. The predicted octanol–water partition coefficient (Wildman–Crippen LogP) is 2.28. The number of benzene rings is 1. The SMILES string of the molecule is CCCc1ccc2c(c1)CNCC2. The lowest BCUT2D eigenvalue weighted by molar-refractivity contribution is 0.642. The van der Waals surface area contributed by atoms with Gasteiger partial charge in [0.05, 0.1) is 0 Å². The Bertz CT molecular complexity index is 291. The first kappa shape index (κ1) is 8.76. The molecule has 0 aliphatic carbocycles. The number of hydrogen-bond donors (Lipinski definition) is 1. The van der Waals surface area contributed by atoms with Crippen LogP contribution in [0.5, 0.6) is 0 Å². The fraction of sp³-hybridized carbons (Fsp3) is 0.500. The molecule has 0 unspecified atom stereocenters. The van der Waals surface area contributed by atoms with Gasteiger partial charge >= 0.3 is 0 Å². The van der Waals surface area contributed by atoms with E-state index in [2.05, 4.69) is 30.4 Å². The van der Waals surface area contributed by atoms with Crippen LogP contribution < -0.4 is 5.32 Å². The van der Waals surface area contributed by atoms with Crippen molar-refractivity contribution in [3.8, 4) is 0 Å². The van der Waals surface area contributed by atoms with E-state index in [1.54, 1.807) is 5.56 Å². The summed E-state index contributed by atoms with van der Waals surface area (Å²) in [5.74, 6) is 0. The predicted molar refractivity (Wildman–Crippen MR) is 55.8 cm³/mol. The van der Waals surface area contributed by atoms with Gasteiger partial charge in [-0.3, -0.25) is 0 Å². The molecule has 1 heterocycles. The van der Waals surface area contributed by atoms with Gasteiger partial charge in [-0.1, -0.05) is 31.5 Å². The second-order valence-electron chi connectivity index (χ2n) is 3.78. The number of nitrogens with one attached hydrogen (secondary N) is 1. The van der Waals surface area contributed by atoms with E-state index in [4.69, 9.17) is 0 Å². The number of fused-ring (bicyclic) bond motifs is 1. The summed E-state index contributed by atoms with van der Waals surface area (Å²) in [6.45, 7) is 4.44. The molecule has 0 radical (unpaired) electrons. The van der Waals surface area contributed by atoms with Crippen molar-refractivity contribution in [2.24, 2.45) is 0 Å². The summed E-state index contributed by atoms with van der Waals surface area (Å²) < 4.78 is 0. The van der Waals surface area contributed by atoms with E-state index >= 15 is 0 Å². The average Bonchev–Trinajstić information content (AvgIpc) is 2.18. The summed E-state index contributed by atoms with van der Waals surface area (Å²) >= 11 is 0. The van der Waals surface area contributed by atoms with Crippen molar-refractivity contribution in [1.82, 2.24) is 5.32 Å². The quantitative estimate of drug-likeness (QED) is 0.727. The Balaban J connectivity index is 2.24. The van der Waals surface area contributed by atoms with Gasteiger partial charge in [-0.25, -0.2) is 0 Å². The molecule has 2 rings (SSSR count). The van der Waals surface area contributed by atoms with Gasteiger partial charge < -0.3 is 5.32 Å². The van der Waals surface area contributed by atoms with Gasteiger partial charge in [-0.05, 0) is 36.1 Å². The third kappa shape index (κ3) is 1.92. The molecule has 0 fully saturated rings. The van der Waals surface area contributed by atoms with Gasteiger partial charge in [0.25, 0.3) is 0 Å². The van der Waals surface area contributed by atoms with Crippen LogP contribution in [-0.2, 0) is 19.4 Å². The van der Waals surface area contributed by atoms with E-state index in [1.165, 1.54) is 30.4 Å². The van der Waals surface area contributed by atoms with Crippen LogP contribution in [0.2, 0.25) is 0 Å². The van der Waals surface area contributed by atoms with Crippen molar-refractivity contribution in [1.29, 1.82) is 0 Å². The van der Waals surface area contributed by atoms with Crippen LogP contribution in [0.3, 0.4) is 0 Å². The highest BCUT2D eigenvalue weighted by atomic mass is 14.9. The summed E-state index contributed by atoms with van der Waals surface area (Å²) in [5.41, 5.74) is 4.54. The minimum Gasteiger partial charge on any atom is -0.312 e. The Labute approximate surface area is 80.2 Å². The van der Waals surface area contributed by atoms with Gasteiger partial charge in [0.1, 0.15) is 0 Å². The van der Waals surface area contributed by atoms with Gasteiger partial charge in [0.15, 0.2) is 0 Å². The molecule has 0 saturated carbocycles. The van der Waals surface area contributed by atoms with Crippen LogP contribution in [0.1, 0.15) is 30.0 Å². The van der Waals surface area contributed by atoms with Crippen molar-refractivity contribution in [2.75, 3.05) is 6.54 Å². The Kier molecular flexibility index (Phi) is 2.65. The third-order valence-electron chi connectivity index (χ3n) is 2.70. The van der Waals surface area contributed by atoms with E-state index < -0.39 is 0 Å². The summed E-state index contributed by atoms with van der Waals surface area (Å²) in [4.78, 5) is 0. The lowest BCUT2D eigenvalue weighted by Gasteiger charge is -2.17. The van der Waals surface area contributed by atoms with Crippen molar-refractivity contribution >= 4 is 0 Å². The van der Waals surface area contributed by atoms with Crippen molar-refractivity contribution < 1.29 is 0 Å². The zero-order valence-electron chi connectivity index (χ0n) is 8.27. The molecule has 0 aromatic heterocycles. The van der Waals surface area contributed by atoms with Crippen LogP contribution in [-0.4, -0.2) is 6.54 Å². The molecule has 1 aliphatic heterocycles. The zero-order valence-corrected chi connectivity index (χ0v) is 8.27. The lowest BCUT2D eigenvalue weighted by Crippen LogP contribution is -2.23. The van der Waals surface area contributed by atoms with Crippen LogP contribution in [0, 0.1) is 0 Å². The maximum atomic E-state index is 3.41. The maximum Gasteiger partial charge on any atom is 0.0208 e. The van der Waals surface area contributed by atoms with E-state index in [0.29, 0.717) is 0 Å². The normalized spacial score (nSPS) is 15.5. The number of rotatable bonds is 2. The third-order valence-corrected chi connectivity index (χ3v) is 2.70. The van der Waals surface area contributed by atoms with Crippen LogP contribution in [0.4, 0.5) is 0 Å². The molecule has 0 amide bonds. The minimum atomic E-state index is 1.06. The van der Waals surface area contributed by atoms with E-state index in [-0.39, 0.29) is 0 Å². The van der Waals surface area contributed by atoms with Crippen molar-refractivity contribution in [2.45, 2.75) is 32.7 Å². The first-order chi connectivity index (χ1) is 6.40. The molecule has 1 N–H and O–H groups in total. The molecule has 0 spiro atoms. The first-order valence-corrected chi connectivity index (χ1v) is 5.21. The van der Waals surface area contributed by atoms with Gasteiger partial charge in [0.2, 0.25) is 0 Å². The topological polar surface area (TPSA) is 12.0 Å². The molecule has 13 heavy (non-hydrogen) atoms. The summed E-state index contributed by atoms with van der Waals surface area (Å²) in [5, 5.41) is 3.41. The van der Waals surface area contributed by atoms with E-state index in [1.807, 2.05) is 0 Å². The average molecular weight is 175 g/mol. The van der Waals surface area contributed by atoms with Gasteiger partial charge in [-0.15, -0.1) is 0 Å². The Hall–Kier alpha value is -0.820. The molecule has 0 saturated heterocycles. The van der Waals surface area contributed by atoms with Crippen LogP contribution >= 0.6 is 0 Å².